The van der Waals surface area contributed by atoms with Crippen LogP contribution in [0, 0.1) is 0 Å². The highest BCUT2D eigenvalue weighted by Gasteiger charge is 2.41. The summed E-state index contributed by atoms with van der Waals surface area (Å²) in [6, 6.07) is 0.344. The summed E-state index contributed by atoms with van der Waals surface area (Å²) in [6.07, 6.45) is 1.06. The van der Waals surface area contributed by atoms with Crippen LogP contribution in [0.15, 0.2) is 23.3 Å². The molecule has 2 atom stereocenters. The Labute approximate surface area is 170 Å². The van der Waals surface area contributed by atoms with Gasteiger partial charge in [-0.2, -0.15) is 8.42 Å². The van der Waals surface area contributed by atoms with Crippen LogP contribution >= 0.6 is 0 Å². The number of nitrogens with one attached hydrogen (secondary N) is 1. The van der Waals surface area contributed by atoms with Crippen LogP contribution in [-0.4, -0.2) is 55.7 Å². The molecule has 3 rings (SSSR count). The molecule has 1 amide bonds. The maximum Gasteiger partial charge on any atom is 0.404 e. The number of carbonyl (C=O) groups excluding carboxylic acids is 2. The number of nitrogens with zero attached hydrogens (tertiary/aromatic N) is 3. The zero-order valence-corrected chi connectivity index (χ0v) is 16.7. The fraction of sp³-hybridized carbons (Fsp3) is 0.353. The molecule has 2 aliphatic rings. The smallest absolute Gasteiger partial charge is 0.404 e. The van der Waals surface area contributed by atoms with E-state index in [0.717, 1.165) is 18.4 Å². The summed E-state index contributed by atoms with van der Waals surface area (Å²) < 4.78 is 28.0. The fourth-order valence-corrected chi connectivity index (χ4v) is 3.95. The lowest BCUT2D eigenvalue weighted by Crippen LogP contribution is -2.21. The largest absolute Gasteiger partial charge is 0.465 e. The van der Waals surface area contributed by atoms with Gasteiger partial charge in [0.2, 0.25) is 0 Å². The molecule has 160 valence electrons. The zero-order chi connectivity index (χ0) is 22.6. The number of carboxylic acid groups (broad SMARTS) is 1. The molecule has 3 N–H and O–H groups in total. The summed E-state index contributed by atoms with van der Waals surface area (Å²) in [5, 5.41) is 22.8. The van der Waals surface area contributed by atoms with Gasteiger partial charge in [-0.05, 0) is 40.4 Å². The van der Waals surface area contributed by atoms with E-state index in [2.05, 4.69) is 10.0 Å². The van der Waals surface area contributed by atoms with Crippen LogP contribution in [0.3, 0.4) is 0 Å². The number of rotatable bonds is 4. The van der Waals surface area contributed by atoms with Gasteiger partial charge in [0.25, 0.3) is 10.1 Å². The molecular weight excluding hydrogens is 420 g/mol. The normalized spacial score (nSPS) is 19.2. The summed E-state index contributed by atoms with van der Waals surface area (Å²) in [7, 11) is -2.50. The van der Waals surface area contributed by atoms with Crippen LogP contribution in [0.2, 0.25) is 0 Å². The Kier molecular flexibility index (Phi) is 6.95. The van der Waals surface area contributed by atoms with Gasteiger partial charge in [0, 0.05) is 29.5 Å². The molecule has 2 aliphatic carbocycles. The van der Waals surface area contributed by atoms with Gasteiger partial charge in [0.05, 0.1) is 25.0 Å². The van der Waals surface area contributed by atoms with E-state index in [-0.39, 0.29) is 23.3 Å². The second-order valence-electron chi connectivity index (χ2n) is 6.32. The Hall–Kier alpha value is -3.25. The lowest BCUT2D eigenvalue weighted by Gasteiger charge is -2.18. The number of hydrogen-bond donors (Lipinski definition) is 3. The molecule has 12 nitrogen and oxygen atoms in total. The van der Waals surface area contributed by atoms with Gasteiger partial charge in [-0.25, -0.2) is 4.79 Å². The summed E-state index contributed by atoms with van der Waals surface area (Å²) in [6.45, 7) is -0.468. The second-order valence-corrected chi connectivity index (χ2v) is 7.92. The number of ketones is 2. The number of allylic oxidation sites excluding steroid dienone is 2. The first-order chi connectivity index (χ1) is 14.0. The average Bonchev–Trinajstić information content (AvgIpc) is 3.01. The molecule has 0 bridgehead atoms. The van der Waals surface area contributed by atoms with E-state index in [4.69, 9.17) is 14.8 Å². The minimum Gasteiger partial charge on any atom is -0.465 e. The van der Waals surface area contributed by atoms with E-state index in [9.17, 15) is 27.9 Å². The molecule has 1 aromatic rings. The van der Waals surface area contributed by atoms with Crippen LogP contribution in [0.25, 0.3) is 10.4 Å². The van der Waals surface area contributed by atoms with Crippen molar-refractivity contribution in [3.05, 3.63) is 56.5 Å². The average molecular weight is 438 g/mol. The highest BCUT2D eigenvalue weighted by Crippen LogP contribution is 2.43. The number of carbonyl (C=O) groups is 3. The molecule has 0 aliphatic heterocycles. The maximum atomic E-state index is 12.3. The van der Waals surface area contributed by atoms with Crippen molar-refractivity contribution in [1.82, 2.24) is 5.32 Å². The van der Waals surface area contributed by atoms with Gasteiger partial charge in [0.1, 0.15) is 0 Å². The molecule has 0 saturated carbocycles. The van der Waals surface area contributed by atoms with Crippen molar-refractivity contribution in [2.24, 2.45) is 5.11 Å². The summed E-state index contributed by atoms with van der Waals surface area (Å²) in [4.78, 5) is 36.3. The van der Waals surface area contributed by atoms with Crippen LogP contribution in [-0.2, 0) is 27.3 Å². The minimum atomic E-state index is -3.85. The third-order valence-electron chi connectivity index (χ3n) is 4.37. The van der Waals surface area contributed by atoms with Gasteiger partial charge < -0.3 is 15.5 Å². The molecule has 0 heterocycles. The first-order valence-corrected chi connectivity index (χ1v) is 10.2. The maximum absolute atomic E-state index is 12.3. The number of fused-ring (bicyclic) bond motifs is 3. The van der Waals surface area contributed by atoms with E-state index < -0.39 is 40.7 Å². The monoisotopic (exact) mass is 438 g/mol. The molecule has 30 heavy (non-hydrogen) atoms. The van der Waals surface area contributed by atoms with Crippen LogP contribution in [0.5, 0.6) is 0 Å². The molecule has 0 saturated heterocycles. The molecule has 13 heteroatoms. The van der Waals surface area contributed by atoms with Crippen molar-refractivity contribution in [2.45, 2.75) is 25.2 Å². The predicted molar refractivity (Wildman–Crippen MR) is 103 cm³/mol. The van der Waals surface area contributed by atoms with E-state index >= 15 is 0 Å². The third-order valence-corrected chi connectivity index (χ3v) is 4.97. The number of aliphatic hydroxyl groups is 1. The van der Waals surface area contributed by atoms with E-state index in [1.165, 1.54) is 13.1 Å². The summed E-state index contributed by atoms with van der Waals surface area (Å²) >= 11 is 0. The molecule has 0 aromatic heterocycles. The molecule has 2 unspecified atom stereocenters. The standard InChI is InChI=1S/C15H13N3O6S.C2H5NO2/c1-25(22,23)24-12-5-9-13(15(12)17-18-16)7(6-19)4-8-10(20)2-3-11(21)14(8)9;1-3-2(4)5/h2-4,12,15,19H,5-6H2,1H3;3H,1H3,(H,4,5). The first kappa shape index (κ1) is 23.0. The Morgan fingerprint density at radius 3 is 2.47 bits per heavy atom. The van der Waals surface area contributed by atoms with E-state index in [0.29, 0.717) is 16.7 Å². The van der Waals surface area contributed by atoms with E-state index in [1.807, 2.05) is 5.32 Å². The summed E-state index contributed by atoms with van der Waals surface area (Å²) in [5.74, 6) is -0.796. The number of aliphatic hydroxyl groups excluding tert-OH is 1. The topological polar surface area (TPSA) is 196 Å². The number of benzene rings is 1. The SMILES string of the molecule is CNC(=O)O.CS(=O)(=O)OC1Cc2c3c(cc(CO)c2C1N=[N+]=[N-])C(=O)C=CC3=O. The van der Waals surface area contributed by atoms with Crippen LogP contribution in [0.4, 0.5) is 4.79 Å². The van der Waals surface area contributed by atoms with Gasteiger partial charge in [-0.15, -0.1) is 0 Å². The summed E-state index contributed by atoms with van der Waals surface area (Å²) in [5.41, 5.74) is 10.1. The Bertz CT molecular complexity index is 1090. The highest BCUT2D eigenvalue weighted by atomic mass is 32.2. The van der Waals surface area contributed by atoms with Crippen LogP contribution in [0.1, 0.15) is 43.4 Å². The second kappa shape index (κ2) is 9.05. The fourth-order valence-electron chi connectivity index (χ4n) is 3.32. The number of azide groups is 1. The van der Waals surface area contributed by atoms with Crippen molar-refractivity contribution in [2.75, 3.05) is 13.3 Å². The molecule has 1 aromatic carbocycles. The predicted octanol–water partition coefficient (Wildman–Crippen LogP) is 1.25. The molecule has 0 spiro atoms. The molecule has 0 fully saturated rings. The van der Waals surface area contributed by atoms with Crippen molar-refractivity contribution >= 4 is 27.8 Å². The van der Waals surface area contributed by atoms with Gasteiger partial charge in [0.15, 0.2) is 11.6 Å². The van der Waals surface area contributed by atoms with E-state index in [1.54, 1.807) is 0 Å². The van der Waals surface area contributed by atoms with Crippen molar-refractivity contribution in [3.63, 3.8) is 0 Å². The minimum absolute atomic E-state index is 0.0326. The quantitative estimate of drug-likeness (QED) is 0.270. The van der Waals surface area contributed by atoms with Gasteiger partial charge in [-0.3, -0.25) is 13.8 Å². The lowest BCUT2D eigenvalue weighted by molar-refractivity contribution is 0.0993. The lowest BCUT2D eigenvalue weighted by atomic mass is 9.86. The molecular formula is C17H18N4O8S. The van der Waals surface area contributed by atoms with Crippen molar-refractivity contribution in [3.8, 4) is 0 Å². The van der Waals surface area contributed by atoms with Gasteiger partial charge >= 0.3 is 6.09 Å². The number of hydrogen-bond acceptors (Lipinski definition) is 8. The van der Waals surface area contributed by atoms with Gasteiger partial charge in [-0.1, -0.05) is 5.11 Å². The highest BCUT2D eigenvalue weighted by molar-refractivity contribution is 7.86. The third kappa shape index (κ3) is 4.83. The van der Waals surface area contributed by atoms with Crippen molar-refractivity contribution in [1.29, 1.82) is 0 Å². The van der Waals surface area contributed by atoms with Crippen LogP contribution < -0.4 is 5.32 Å². The molecule has 0 radical (unpaired) electrons. The zero-order valence-electron chi connectivity index (χ0n) is 15.9. The Morgan fingerprint density at radius 2 is 1.97 bits per heavy atom. The number of amides is 1. The first-order valence-electron chi connectivity index (χ1n) is 8.43. The Balaban J connectivity index is 0.000000575. The van der Waals surface area contributed by atoms with Crippen molar-refractivity contribution < 1.29 is 37.2 Å². The Morgan fingerprint density at radius 1 is 1.37 bits per heavy atom.